The van der Waals surface area contributed by atoms with Crippen LogP contribution in [0, 0.1) is 11.3 Å². The van der Waals surface area contributed by atoms with Gasteiger partial charge in [-0.1, -0.05) is 13.8 Å². The van der Waals surface area contributed by atoms with E-state index in [-0.39, 0.29) is 23.1 Å². The summed E-state index contributed by atoms with van der Waals surface area (Å²) in [4.78, 5) is 30.9. The summed E-state index contributed by atoms with van der Waals surface area (Å²) in [5, 5.41) is 0. The molecule has 3 heterocycles. The molecule has 2 fully saturated rings. The first kappa shape index (κ1) is 13.2. The van der Waals surface area contributed by atoms with Crippen molar-refractivity contribution in [1.82, 2.24) is 14.8 Å². The topological polar surface area (TPSA) is 56.4 Å². The highest BCUT2D eigenvalue weighted by atomic mass is 16.2. The Labute approximate surface area is 118 Å². The Bertz CT molecular complexity index is 515. The summed E-state index contributed by atoms with van der Waals surface area (Å²) in [6.07, 6.45) is 4.51. The number of aromatic nitrogens is 1. The molecule has 1 aromatic rings. The minimum Gasteiger partial charge on any atom is -0.367 e. The number of H-pyrrole nitrogens is 1. The lowest BCUT2D eigenvalue weighted by Gasteiger charge is -2.47. The minimum atomic E-state index is 0.0582. The SMILES string of the molecule is CC(C)C(=O)N1CCC2(CN(C(=O)c3cc[nH]c3)C2)C1. The van der Waals surface area contributed by atoms with Crippen LogP contribution < -0.4 is 0 Å². The van der Waals surface area contributed by atoms with Crippen LogP contribution >= 0.6 is 0 Å². The Morgan fingerprint density at radius 1 is 1.25 bits per heavy atom. The van der Waals surface area contributed by atoms with E-state index in [9.17, 15) is 9.59 Å². The van der Waals surface area contributed by atoms with Gasteiger partial charge >= 0.3 is 0 Å². The Morgan fingerprint density at radius 2 is 1.95 bits per heavy atom. The number of hydrogen-bond donors (Lipinski definition) is 1. The quantitative estimate of drug-likeness (QED) is 0.885. The molecule has 20 heavy (non-hydrogen) atoms. The van der Waals surface area contributed by atoms with Crippen molar-refractivity contribution in [3.8, 4) is 0 Å². The van der Waals surface area contributed by atoms with Crippen molar-refractivity contribution in [3.05, 3.63) is 24.0 Å². The van der Waals surface area contributed by atoms with E-state index in [0.29, 0.717) is 5.56 Å². The smallest absolute Gasteiger partial charge is 0.255 e. The maximum absolute atomic E-state index is 12.2. The summed E-state index contributed by atoms with van der Waals surface area (Å²) in [5.74, 6) is 0.380. The lowest BCUT2D eigenvalue weighted by molar-refractivity contribution is -0.134. The van der Waals surface area contributed by atoms with Crippen LogP contribution in [0.25, 0.3) is 0 Å². The van der Waals surface area contributed by atoms with Gasteiger partial charge in [0.25, 0.3) is 5.91 Å². The molecule has 0 radical (unpaired) electrons. The minimum absolute atomic E-state index is 0.0582. The maximum Gasteiger partial charge on any atom is 0.255 e. The number of carbonyl (C=O) groups is 2. The van der Waals surface area contributed by atoms with Crippen molar-refractivity contribution in [2.45, 2.75) is 20.3 Å². The molecule has 5 nitrogen and oxygen atoms in total. The monoisotopic (exact) mass is 275 g/mol. The summed E-state index contributed by atoms with van der Waals surface area (Å²) < 4.78 is 0. The molecule has 0 saturated carbocycles. The first-order chi connectivity index (χ1) is 9.51. The van der Waals surface area contributed by atoms with Crippen LogP contribution in [0.1, 0.15) is 30.6 Å². The molecule has 0 unspecified atom stereocenters. The van der Waals surface area contributed by atoms with Gasteiger partial charge in [-0.3, -0.25) is 9.59 Å². The van der Waals surface area contributed by atoms with Crippen LogP contribution in [0.5, 0.6) is 0 Å². The lowest BCUT2D eigenvalue weighted by atomic mass is 9.79. The number of rotatable bonds is 2. The summed E-state index contributed by atoms with van der Waals surface area (Å²) in [6.45, 7) is 7.08. The predicted octanol–water partition coefficient (Wildman–Crippen LogP) is 1.35. The number of amides is 2. The van der Waals surface area contributed by atoms with Gasteiger partial charge < -0.3 is 14.8 Å². The van der Waals surface area contributed by atoms with Gasteiger partial charge in [0.15, 0.2) is 0 Å². The molecule has 2 amide bonds. The van der Waals surface area contributed by atoms with E-state index in [0.717, 1.165) is 32.6 Å². The zero-order valence-electron chi connectivity index (χ0n) is 12.1. The largest absolute Gasteiger partial charge is 0.367 e. The number of nitrogens with zero attached hydrogens (tertiary/aromatic N) is 2. The molecule has 5 heteroatoms. The fraction of sp³-hybridized carbons (Fsp3) is 0.600. The van der Waals surface area contributed by atoms with Gasteiger partial charge in [0, 0.05) is 49.9 Å². The fourth-order valence-electron chi connectivity index (χ4n) is 3.29. The third kappa shape index (κ3) is 2.11. The van der Waals surface area contributed by atoms with E-state index in [4.69, 9.17) is 0 Å². The highest BCUT2D eigenvalue weighted by molar-refractivity contribution is 5.94. The summed E-state index contributed by atoms with van der Waals surface area (Å²) in [5.41, 5.74) is 0.865. The number of carbonyl (C=O) groups excluding carboxylic acids is 2. The number of nitrogens with one attached hydrogen (secondary N) is 1. The Balaban J connectivity index is 1.58. The zero-order valence-corrected chi connectivity index (χ0v) is 12.1. The summed E-state index contributed by atoms with van der Waals surface area (Å²) >= 11 is 0. The van der Waals surface area contributed by atoms with Gasteiger partial charge in [0.1, 0.15) is 0 Å². The molecular weight excluding hydrogens is 254 g/mol. The number of hydrogen-bond acceptors (Lipinski definition) is 2. The highest BCUT2D eigenvalue weighted by Crippen LogP contribution is 2.40. The molecule has 0 aliphatic carbocycles. The molecule has 1 spiro atoms. The molecule has 2 aliphatic heterocycles. The van der Waals surface area contributed by atoms with Crippen molar-refractivity contribution in [1.29, 1.82) is 0 Å². The van der Waals surface area contributed by atoms with E-state index < -0.39 is 0 Å². The van der Waals surface area contributed by atoms with Crippen LogP contribution in [-0.4, -0.2) is 52.8 Å². The molecule has 3 rings (SSSR count). The standard InChI is InChI=1S/C15H21N3O2/c1-11(2)13(19)17-6-4-15(8-17)9-18(10-15)14(20)12-3-5-16-7-12/h3,5,7,11,16H,4,6,8-10H2,1-2H3. The number of aromatic amines is 1. The van der Waals surface area contributed by atoms with Gasteiger partial charge in [-0.2, -0.15) is 0 Å². The highest BCUT2D eigenvalue weighted by Gasteiger charge is 2.50. The average Bonchev–Trinajstić information content (AvgIpc) is 3.04. The van der Waals surface area contributed by atoms with Crippen LogP contribution in [0.2, 0.25) is 0 Å². The Hall–Kier alpha value is -1.78. The second kappa shape index (κ2) is 4.65. The van der Waals surface area contributed by atoms with Crippen LogP contribution in [0.4, 0.5) is 0 Å². The lowest BCUT2D eigenvalue weighted by Crippen LogP contribution is -2.59. The molecule has 1 N–H and O–H groups in total. The third-order valence-corrected chi connectivity index (χ3v) is 4.43. The van der Waals surface area contributed by atoms with Gasteiger partial charge in [0.2, 0.25) is 5.91 Å². The molecule has 0 bridgehead atoms. The van der Waals surface area contributed by atoms with Crippen LogP contribution in [-0.2, 0) is 4.79 Å². The van der Waals surface area contributed by atoms with Crippen LogP contribution in [0.3, 0.4) is 0 Å². The van der Waals surface area contributed by atoms with Crippen molar-refractivity contribution in [2.75, 3.05) is 26.2 Å². The second-order valence-electron chi connectivity index (χ2n) is 6.43. The van der Waals surface area contributed by atoms with Crippen molar-refractivity contribution < 1.29 is 9.59 Å². The van der Waals surface area contributed by atoms with Crippen molar-refractivity contribution in [2.24, 2.45) is 11.3 Å². The van der Waals surface area contributed by atoms with Gasteiger partial charge in [-0.15, -0.1) is 0 Å². The molecule has 0 atom stereocenters. The first-order valence-electron chi connectivity index (χ1n) is 7.22. The van der Waals surface area contributed by atoms with Crippen molar-refractivity contribution >= 4 is 11.8 Å². The molecule has 1 aromatic heterocycles. The Kier molecular flexibility index (Phi) is 3.07. The summed E-state index contributed by atoms with van der Waals surface area (Å²) in [7, 11) is 0. The first-order valence-corrected chi connectivity index (χ1v) is 7.22. The molecular formula is C15H21N3O2. The maximum atomic E-state index is 12.2. The predicted molar refractivity (Wildman–Crippen MR) is 75.2 cm³/mol. The fourth-order valence-corrected chi connectivity index (χ4v) is 3.29. The molecule has 2 aliphatic rings. The van der Waals surface area contributed by atoms with Gasteiger partial charge in [0.05, 0.1) is 5.56 Å². The molecule has 108 valence electrons. The van der Waals surface area contributed by atoms with E-state index in [1.165, 1.54) is 0 Å². The van der Waals surface area contributed by atoms with E-state index in [1.54, 1.807) is 18.5 Å². The van der Waals surface area contributed by atoms with E-state index >= 15 is 0 Å². The molecule has 2 saturated heterocycles. The van der Waals surface area contributed by atoms with Crippen molar-refractivity contribution in [3.63, 3.8) is 0 Å². The number of likely N-dealkylation sites (tertiary alicyclic amines) is 2. The Morgan fingerprint density at radius 3 is 2.55 bits per heavy atom. The zero-order chi connectivity index (χ0) is 14.3. The molecule has 0 aromatic carbocycles. The van der Waals surface area contributed by atoms with E-state index in [2.05, 4.69) is 4.98 Å². The third-order valence-electron chi connectivity index (χ3n) is 4.43. The van der Waals surface area contributed by atoms with Gasteiger partial charge in [-0.05, 0) is 12.5 Å². The second-order valence-corrected chi connectivity index (χ2v) is 6.43. The average molecular weight is 275 g/mol. The van der Waals surface area contributed by atoms with Gasteiger partial charge in [-0.25, -0.2) is 0 Å². The van der Waals surface area contributed by atoms with E-state index in [1.807, 2.05) is 23.6 Å². The normalized spacial score (nSPS) is 20.6. The summed E-state index contributed by atoms with van der Waals surface area (Å²) in [6, 6.07) is 1.80. The van der Waals surface area contributed by atoms with Crippen LogP contribution in [0.15, 0.2) is 18.5 Å².